The third kappa shape index (κ3) is 2.37. The van der Waals surface area contributed by atoms with Gasteiger partial charge in [-0.1, -0.05) is 50.2 Å². The summed E-state index contributed by atoms with van der Waals surface area (Å²) in [4.78, 5) is 4.71. The average molecular weight is 426 g/mol. The molecule has 3 heteroatoms. The molecule has 3 aromatic heterocycles. The number of hydrogen-bond donors (Lipinski definition) is 0. The van der Waals surface area contributed by atoms with Crippen LogP contribution in [0.4, 0.5) is 0 Å². The second-order valence-corrected chi connectivity index (χ2v) is 9.23. The zero-order valence-electron chi connectivity index (χ0n) is 24.5. The van der Waals surface area contributed by atoms with Crippen molar-refractivity contribution >= 4 is 22.1 Å². The summed E-state index contributed by atoms with van der Waals surface area (Å²) in [5, 5.41) is 1.83. The first kappa shape index (κ1) is 13.8. The normalized spacial score (nSPS) is 17.8. The molecular weight excluding hydrogens is 392 g/mol. The first-order valence-electron chi connectivity index (χ1n) is 13.7. The number of rotatable bonds is 1. The second-order valence-electron chi connectivity index (χ2n) is 9.23. The van der Waals surface area contributed by atoms with E-state index in [-0.39, 0.29) is 16.5 Å². The summed E-state index contributed by atoms with van der Waals surface area (Å²) in [5.74, 6) is 0. The lowest BCUT2D eigenvalue weighted by atomic mass is 9.81. The summed E-state index contributed by atoms with van der Waals surface area (Å²) in [6, 6.07) is 13.9. The van der Waals surface area contributed by atoms with Crippen LogP contribution in [0.15, 0.2) is 59.3 Å². The van der Waals surface area contributed by atoms with Crippen molar-refractivity contribution in [2.45, 2.75) is 39.9 Å². The molecule has 0 fully saturated rings. The predicted molar refractivity (Wildman–Crippen MR) is 130 cm³/mol. The van der Waals surface area contributed by atoms with Gasteiger partial charge in [-0.2, -0.15) is 0 Å². The fourth-order valence-electron chi connectivity index (χ4n) is 5.37. The standard InChI is InChI=1S/C29H27N2O/c1-16-11-12-20-25-26-21(19-9-7-8-10-22(19)29(26,4)5)14-30-28(25)32-27(20)24(16)23-13-17(2)18(3)15-31(23)6/h7-15H,1-6H3/q+1/i2D3,3D3. The number of aryl methyl sites for hydroxylation is 4. The van der Waals surface area contributed by atoms with Crippen molar-refractivity contribution in [2.75, 3.05) is 0 Å². The number of pyridine rings is 2. The molecule has 0 bridgehead atoms. The van der Waals surface area contributed by atoms with Crippen LogP contribution in [0.2, 0.25) is 0 Å². The SMILES string of the molecule is [2H]C([2H])([2H])c1cc(-c2c(C)ccc3c2oc2ncc4c(c23)C(C)(C)c2ccccc2-4)[n+](C)cc1C([2H])([2H])[2H]. The minimum atomic E-state index is -2.60. The van der Waals surface area contributed by atoms with E-state index in [2.05, 4.69) is 32.0 Å². The molecule has 0 amide bonds. The summed E-state index contributed by atoms with van der Waals surface area (Å²) in [5.41, 5.74) is 7.27. The van der Waals surface area contributed by atoms with Gasteiger partial charge in [0.05, 0.1) is 10.9 Å². The van der Waals surface area contributed by atoms with E-state index in [0.717, 1.165) is 33.0 Å². The Morgan fingerprint density at radius 1 is 1.00 bits per heavy atom. The Kier molecular flexibility index (Phi) is 2.72. The van der Waals surface area contributed by atoms with Crippen LogP contribution in [0.25, 0.3) is 44.5 Å². The molecule has 0 radical (unpaired) electrons. The van der Waals surface area contributed by atoms with Crippen molar-refractivity contribution in [1.82, 2.24) is 4.98 Å². The van der Waals surface area contributed by atoms with E-state index in [1.807, 2.05) is 31.3 Å². The lowest BCUT2D eigenvalue weighted by molar-refractivity contribution is -0.660. The highest BCUT2D eigenvalue weighted by molar-refractivity contribution is 6.13. The third-order valence-corrected chi connectivity index (χ3v) is 6.92. The number of hydrogen-bond acceptors (Lipinski definition) is 2. The molecule has 1 aliphatic carbocycles. The van der Waals surface area contributed by atoms with Crippen molar-refractivity contribution in [1.29, 1.82) is 0 Å². The van der Waals surface area contributed by atoms with Crippen molar-refractivity contribution in [2.24, 2.45) is 7.05 Å². The number of benzene rings is 2. The van der Waals surface area contributed by atoms with Crippen LogP contribution < -0.4 is 4.57 Å². The van der Waals surface area contributed by atoms with Gasteiger partial charge in [0.1, 0.15) is 7.05 Å². The van der Waals surface area contributed by atoms with Crippen molar-refractivity contribution in [3.63, 3.8) is 0 Å². The zero-order valence-corrected chi connectivity index (χ0v) is 18.5. The van der Waals surface area contributed by atoms with E-state index < -0.39 is 13.7 Å². The summed E-state index contributed by atoms with van der Waals surface area (Å²) in [6.45, 7) is 1.20. The number of furan rings is 1. The van der Waals surface area contributed by atoms with E-state index in [4.69, 9.17) is 17.6 Å². The van der Waals surface area contributed by atoms with Crippen LogP contribution >= 0.6 is 0 Å². The molecule has 32 heavy (non-hydrogen) atoms. The van der Waals surface area contributed by atoms with Crippen LogP contribution in [0.3, 0.4) is 0 Å². The molecule has 0 unspecified atom stereocenters. The molecule has 2 aromatic carbocycles. The lowest BCUT2D eigenvalue weighted by Crippen LogP contribution is -2.31. The Balaban J connectivity index is 1.70. The molecule has 6 rings (SSSR count). The third-order valence-electron chi connectivity index (χ3n) is 6.92. The molecule has 0 aliphatic heterocycles. The maximum absolute atomic E-state index is 8.06. The minimum Gasteiger partial charge on any atom is -0.437 e. The van der Waals surface area contributed by atoms with Crippen molar-refractivity contribution in [3.8, 4) is 22.4 Å². The summed E-state index contributed by atoms with van der Waals surface area (Å²) >= 11 is 0. The highest BCUT2D eigenvalue weighted by Crippen LogP contribution is 2.52. The smallest absolute Gasteiger partial charge is 0.227 e. The lowest BCUT2D eigenvalue weighted by Gasteiger charge is -2.22. The molecule has 5 aromatic rings. The Morgan fingerprint density at radius 2 is 1.81 bits per heavy atom. The van der Waals surface area contributed by atoms with Crippen LogP contribution in [0, 0.1) is 20.6 Å². The highest BCUT2D eigenvalue weighted by atomic mass is 16.3. The zero-order chi connectivity index (χ0) is 27.4. The van der Waals surface area contributed by atoms with Gasteiger partial charge in [0.25, 0.3) is 0 Å². The second kappa shape index (κ2) is 6.29. The number of nitrogens with zero attached hydrogens (tertiary/aromatic N) is 2. The Bertz CT molecular complexity index is 1790. The fourth-order valence-corrected chi connectivity index (χ4v) is 5.37. The Morgan fingerprint density at radius 3 is 2.62 bits per heavy atom. The monoisotopic (exact) mass is 425 g/mol. The first-order valence-corrected chi connectivity index (χ1v) is 10.7. The molecule has 3 nitrogen and oxygen atoms in total. The fraction of sp³-hybridized carbons (Fsp3) is 0.241. The van der Waals surface area contributed by atoms with E-state index in [0.29, 0.717) is 22.6 Å². The van der Waals surface area contributed by atoms with E-state index in [9.17, 15) is 0 Å². The van der Waals surface area contributed by atoms with Crippen LogP contribution in [0.5, 0.6) is 0 Å². The molecule has 0 saturated heterocycles. The molecule has 1 aliphatic rings. The summed E-state index contributed by atoms with van der Waals surface area (Å²) in [7, 11) is 1.73. The average Bonchev–Trinajstić information content (AvgIpc) is 3.30. The number of aromatic nitrogens is 2. The minimum absolute atomic E-state index is 0.183. The maximum atomic E-state index is 8.06. The van der Waals surface area contributed by atoms with Gasteiger partial charge in [-0.05, 0) is 48.4 Å². The molecule has 0 atom stereocenters. The maximum Gasteiger partial charge on any atom is 0.227 e. The Labute approximate surface area is 196 Å². The predicted octanol–water partition coefficient (Wildman–Crippen LogP) is 6.70. The van der Waals surface area contributed by atoms with E-state index in [1.165, 1.54) is 17.8 Å². The molecule has 0 saturated carbocycles. The van der Waals surface area contributed by atoms with Crippen LogP contribution in [0.1, 0.15) is 49.9 Å². The quantitative estimate of drug-likeness (QED) is 0.280. The van der Waals surface area contributed by atoms with Gasteiger partial charge in [-0.3, -0.25) is 0 Å². The van der Waals surface area contributed by atoms with Crippen molar-refractivity contribution in [3.05, 3.63) is 82.7 Å². The molecule has 0 N–H and O–H groups in total. The van der Waals surface area contributed by atoms with Crippen LogP contribution in [-0.2, 0) is 12.5 Å². The van der Waals surface area contributed by atoms with Gasteiger partial charge in [0.15, 0.2) is 11.8 Å². The summed E-state index contributed by atoms with van der Waals surface area (Å²) < 4.78 is 56.0. The highest BCUT2D eigenvalue weighted by Gasteiger charge is 2.38. The first-order chi connectivity index (χ1) is 17.7. The summed E-state index contributed by atoms with van der Waals surface area (Å²) in [6.07, 6.45) is 3.28. The van der Waals surface area contributed by atoms with Gasteiger partial charge >= 0.3 is 0 Å². The molecule has 158 valence electrons. The van der Waals surface area contributed by atoms with E-state index >= 15 is 0 Å². The van der Waals surface area contributed by atoms with Gasteiger partial charge in [-0.25, -0.2) is 9.55 Å². The van der Waals surface area contributed by atoms with Gasteiger partial charge in [0, 0.05) is 42.4 Å². The largest absolute Gasteiger partial charge is 0.437 e. The van der Waals surface area contributed by atoms with E-state index in [1.54, 1.807) is 11.6 Å². The Hall–Kier alpha value is -3.46. The number of fused-ring (bicyclic) bond motifs is 7. The van der Waals surface area contributed by atoms with Gasteiger partial charge < -0.3 is 4.42 Å². The van der Waals surface area contributed by atoms with Gasteiger partial charge in [0.2, 0.25) is 11.4 Å². The molecule has 3 heterocycles. The molecular formula is C29H27N2O+. The van der Waals surface area contributed by atoms with Crippen molar-refractivity contribution < 1.29 is 17.2 Å². The topological polar surface area (TPSA) is 29.9 Å². The van der Waals surface area contributed by atoms with Crippen LogP contribution in [-0.4, -0.2) is 4.98 Å². The van der Waals surface area contributed by atoms with Gasteiger partial charge in [-0.15, -0.1) is 0 Å². The molecule has 0 spiro atoms.